The molecule has 136 valence electrons. The van der Waals surface area contributed by atoms with Crippen molar-refractivity contribution in [1.29, 1.82) is 0 Å². The van der Waals surface area contributed by atoms with Crippen LogP contribution in [0.15, 0.2) is 34.2 Å². The summed E-state index contributed by atoms with van der Waals surface area (Å²) in [5.74, 6) is 0.898. The van der Waals surface area contributed by atoms with Gasteiger partial charge < -0.3 is 14.6 Å². The highest BCUT2D eigenvalue weighted by Crippen LogP contribution is 2.28. The average Bonchev–Trinajstić information content (AvgIpc) is 3.28. The number of urea groups is 1. The van der Waals surface area contributed by atoms with Crippen LogP contribution >= 0.6 is 11.3 Å². The molecule has 3 aromatic rings. The smallest absolute Gasteiger partial charge is 0.317 e. The van der Waals surface area contributed by atoms with Crippen molar-refractivity contribution in [2.24, 2.45) is 0 Å². The number of oxazole rings is 1. The maximum absolute atomic E-state index is 12.5. The third kappa shape index (κ3) is 3.58. The number of aryl methyl sites for hydroxylation is 1. The number of likely N-dealkylation sites (tertiary alicyclic amines) is 1. The van der Waals surface area contributed by atoms with Gasteiger partial charge >= 0.3 is 6.03 Å². The number of piperidine rings is 1. The van der Waals surface area contributed by atoms with Gasteiger partial charge in [-0.1, -0.05) is 12.1 Å². The molecule has 1 aliphatic heterocycles. The Hall–Kier alpha value is -2.41. The monoisotopic (exact) mass is 370 g/mol. The zero-order chi connectivity index (χ0) is 17.9. The molecule has 1 aromatic carbocycles. The lowest BCUT2D eigenvalue weighted by Crippen LogP contribution is -2.45. The first-order valence-electron chi connectivity index (χ1n) is 8.98. The summed E-state index contributed by atoms with van der Waals surface area (Å²) in [4.78, 5) is 24.5. The minimum absolute atomic E-state index is 0.00650. The highest BCUT2D eigenvalue weighted by molar-refractivity contribution is 7.09. The van der Waals surface area contributed by atoms with Crippen molar-refractivity contribution < 1.29 is 9.21 Å². The fourth-order valence-electron chi connectivity index (χ4n) is 3.39. The second-order valence-electron chi connectivity index (χ2n) is 6.65. The fraction of sp³-hybridized carbons (Fsp3) is 0.421. The maximum Gasteiger partial charge on any atom is 0.317 e. The van der Waals surface area contributed by atoms with E-state index in [1.807, 2.05) is 41.6 Å². The quantitative estimate of drug-likeness (QED) is 0.760. The molecule has 0 spiro atoms. The van der Waals surface area contributed by atoms with Crippen molar-refractivity contribution in [3.8, 4) is 0 Å². The van der Waals surface area contributed by atoms with Crippen molar-refractivity contribution in [3.63, 3.8) is 0 Å². The summed E-state index contributed by atoms with van der Waals surface area (Å²) in [6.07, 6.45) is 2.78. The number of para-hydroxylation sites is 2. The molecular weight excluding hydrogens is 348 g/mol. The summed E-state index contributed by atoms with van der Waals surface area (Å²) in [7, 11) is 0. The number of thiazole rings is 1. The molecule has 26 heavy (non-hydrogen) atoms. The Morgan fingerprint density at radius 2 is 2.31 bits per heavy atom. The van der Waals surface area contributed by atoms with Crippen LogP contribution in [0.25, 0.3) is 11.1 Å². The second kappa shape index (κ2) is 7.45. The molecule has 4 rings (SSSR count). The van der Waals surface area contributed by atoms with Gasteiger partial charge in [0.1, 0.15) is 5.52 Å². The number of nitrogens with zero attached hydrogens (tertiary/aromatic N) is 3. The van der Waals surface area contributed by atoms with Gasteiger partial charge in [0.15, 0.2) is 11.5 Å². The molecular formula is C19H22N4O2S. The molecule has 2 aromatic heterocycles. The molecule has 1 unspecified atom stereocenters. The van der Waals surface area contributed by atoms with Crippen LogP contribution < -0.4 is 5.32 Å². The van der Waals surface area contributed by atoms with Crippen LogP contribution in [-0.4, -0.2) is 40.5 Å². The van der Waals surface area contributed by atoms with E-state index in [0.717, 1.165) is 48.5 Å². The number of rotatable bonds is 4. The minimum Gasteiger partial charge on any atom is -0.440 e. The molecule has 1 N–H and O–H groups in total. The largest absolute Gasteiger partial charge is 0.440 e. The molecule has 6 nitrogen and oxygen atoms in total. The number of hydrogen-bond donors (Lipinski definition) is 1. The van der Waals surface area contributed by atoms with Crippen LogP contribution in [0.3, 0.4) is 0 Å². The van der Waals surface area contributed by atoms with E-state index in [9.17, 15) is 4.79 Å². The third-order valence-corrected chi connectivity index (χ3v) is 5.84. The Morgan fingerprint density at radius 1 is 1.42 bits per heavy atom. The number of carbonyl (C=O) groups is 1. The van der Waals surface area contributed by atoms with Crippen LogP contribution in [0, 0.1) is 6.92 Å². The molecule has 2 amide bonds. The number of aromatic nitrogens is 2. The van der Waals surface area contributed by atoms with Gasteiger partial charge in [-0.05, 0) is 31.9 Å². The number of fused-ring (bicyclic) bond motifs is 1. The molecule has 0 saturated carbocycles. The first-order valence-corrected chi connectivity index (χ1v) is 9.86. The van der Waals surface area contributed by atoms with Gasteiger partial charge in [-0.2, -0.15) is 0 Å². The first kappa shape index (κ1) is 17.0. The van der Waals surface area contributed by atoms with Gasteiger partial charge in [0, 0.05) is 30.9 Å². The summed E-state index contributed by atoms with van der Waals surface area (Å²) in [5, 5.41) is 3.03. The Morgan fingerprint density at radius 3 is 3.12 bits per heavy atom. The molecule has 1 fully saturated rings. The van der Waals surface area contributed by atoms with Gasteiger partial charge in [-0.3, -0.25) is 0 Å². The molecule has 0 aliphatic carbocycles. The summed E-state index contributed by atoms with van der Waals surface area (Å²) >= 11 is 1.64. The van der Waals surface area contributed by atoms with Crippen LogP contribution in [0.1, 0.15) is 35.2 Å². The Bertz CT molecular complexity index is 871. The number of nitrogens with one attached hydrogen (secondary N) is 1. The second-order valence-corrected chi connectivity index (χ2v) is 7.59. The minimum atomic E-state index is -0.00650. The Labute approximate surface area is 156 Å². The van der Waals surface area contributed by atoms with E-state index in [-0.39, 0.29) is 11.9 Å². The maximum atomic E-state index is 12.5. The van der Waals surface area contributed by atoms with Gasteiger partial charge in [0.2, 0.25) is 0 Å². The average molecular weight is 370 g/mol. The van der Waals surface area contributed by atoms with Gasteiger partial charge in [0.05, 0.1) is 17.1 Å². The molecule has 1 atom stereocenters. The zero-order valence-corrected chi connectivity index (χ0v) is 15.6. The zero-order valence-electron chi connectivity index (χ0n) is 14.8. The molecule has 1 aliphatic rings. The van der Waals surface area contributed by atoms with Crippen molar-refractivity contribution in [3.05, 3.63) is 46.2 Å². The lowest BCUT2D eigenvalue weighted by atomic mass is 9.98. The fourth-order valence-corrected chi connectivity index (χ4v) is 4.17. The van der Waals surface area contributed by atoms with E-state index < -0.39 is 0 Å². The van der Waals surface area contributed by atoms with Crippen LogP contribution in [0.4, 0.5) is 4.79 Å². The topological polar surface area (TPSA) is 71.3 Å². The lowest BCUT2D eigenvalue weighted by molar-refractivity contribution is 0.175. The van der Waals surface area contributed by atoms with Gasteiger partial charge in [0.25, 0.3) is 0 Å². The predicted molar refractivity (Wildman–Crippen MR) is 102 cm³/mol. The highest BCUT2D eigenvalue weighted by atomic mass is 32.1. The molecule has 3 heterocycles. The number of benzene rings is 1. The summed E-state index contributed by atoms with van der Waals surface area (Å²) < 4.78 is 5.90. The van der Waals surface area contributed by atoms with E-state index in [2.05, 4.69) is 15.3 Å². The Balaban J connectivity index is 1.35. The van der Waals surface area contributed by atoms with Crippen molar-refractivity contribution in [2.75, 3.05) is 19.6 Å². The lowest BCUT2D eigenvalue weighted by Gasteiger charge is -2.31. The summed E-state index contributed by atoms with van der Waals surface area (Å²) in [5.41, 5.74) is 4.59. The van der Waals surface area contributed by atoms with Crippen LogP contribution in [0.2, 0.25) is 0 Å². The third-order valence-electron chi connectivity index (χ3n) is 4.84. The predicted octanol–water partition coefficient (Wildman–Crippen LogP) is 3.72. The SMILES string of the molecule is Cc1ncsc1CCNC(=O)N1CCCC(c2nc3ccccc3o2)C1. The van der Waals surface area contributed by atoms with Crippen molar-refractivity contribution >= 4 is 28.5 Å². The van der Waals surface area contributed by atoms with E-state index in [4.69, 9.17) is 4.42 Å². The standard InChI is InChI=1S/C19H22N4O2S/c1-13-17(26-12-21-13)8-9-20-19(24)23-10-4-5-14(11-23)18-22-15-6-2-3-7-16(15)25-18/h2-3,6-7,12,14H,4-5,8-11H2,1H3,(H,20,24). The van der Waals surface area contributed by atoms with Gasteiger partial charge in [-0.25, -0.2) is 14.8 Å². The Kier molecular flexibility index (Phi) is 4.88. The van der Waals surface area contributed by atoms with Crippen molar-refractivity contribution in [2.45, 2.75) is 32.1 Å². The molecule has 0 bridgehead atoms. The first-order chi connectivity index (χ1) is 12.7. The van der Waals surface area contributed by atoms with Gasteiger partial charge in [-0.15, -0.1) is 11.3 Å². The van der Waals surface area contributed by atoms with Crippen molar-refractivity contribution in [1.82, 2.24) is 20.2 Å². The van der Waals surface area contributed by atoms with E-state index in [0.29, 0.717) is 13.1 Å². The molecule has 0 radical (unpaired) electrons. The van der Waals surface area contributed by atoms with Crippen LogP contribution in [-0.2, 0) is 6.42 Å². The number of hydrogen-bond acceptors (Lipinski definition) is 5. The summed E-state index contributed by atoms with van der Waals surface area (Å²) in [6, 6.07) is 7.79. The van der Waals surface area contributed by atoms with E-state index in [1.165, 1.54) is 4.88 Å². The number of carbonyl (C=O) groups excluding carboxylic acids is 1. The molecule has 7 heteroatoms. The number of amides is 2. The van der Waals surface area contributed by atoms with E-state index >= 15 is 0 Å². The van der Waals surface area contributed by atoms with E-state index in [1.54, 1.807) is 11.3 Å². The normalized spacial score (nSPS) is 17.6. The molecule has 1 saturated heterocycles. The highest BCUT2D eigenvalue weighted by Gasteiger charge is 2.28. The summed E-state index contributed by atoms with van der Waals surface area (Å²) in [6.45, 7) is 4.07. The van der Waals surface area contributed by atoms with Crippen LogP contribution in [0.5, 0.6) is 0 Å².